The minimum atomic E-state index is -4.13. The first-order chi connectivity index (χ1) is 12.6. The van der Waals surface area contributed by atoms with Crippen LogP contribution < -0.4 is 10.5 Å². The molecule has 140 valence electrons. The molecule has 0 bridgehead atoms. The van der Waals surface area contributed by atoms with E-state index < -0.39 is 33.4 Å². The number of halogens is 2. The van der Waals surface area contributed by atoms with E-state index in [2.05, 4.69) is 5.32 Å². The van der Waals surface area contributed by atoms with Crippen molar-refractivity contribution in [2.75, 3.05) is 11.9 Å². The van der Waals surface area contributed by atoms with Crippen molar-refractivity contribution >= 4 is 50.8 Å². The highest BCUT2D eigenvalue weighted by Gasteiger charge is 2.18. The van der Waals surface area contributed by atoms with E-state index in [4.69, 9.17) is 38.3 Å². The molecule has 2 aromatic rings. The lowest BCUT2D eigenvalue weighted by Crippen LogP contribution is -2.21. The monoisotopic (exact) mass is 427 g/mol. The number of amides is 1. The Morgan fingerprint density at radius 3 is 2.44 bits per heavy atom. The molecular weight excluding hydrogens is 417 g/mol. The molecule has 0 unspecified atom stereocenters. The molecule has 0 spiro atoms. The Bertz CT molecular complexity index is 1060. The Hall–Kier alpha value is -2.64. The number of esters is 1. The number of ether oxygens (including phenoxy) is 1. The van der Waals surface area contributed by atoms with Crippen LogP contribution in [-0.4, -0.2) is 26.9 Å². The van der Waals surface area contributed by atoms with Crippen LogP contribution >= 0.6 is 23.2 Å². The number of carbonyl (C=O) groups excluding carboxylic acids is 2. The lowest BCUT2D eigenvalue weighted by molar-refractivity contribution is -0.119. The summed E-state index contributed by atoms with van der Waals surface area (Å²) in [4.78, 5) is 23.4. The van der Waals surface area contributed by atoms with Gasteiger partial charge in [-0.25, -0.2) is 18.4 Å². The van der Waals surface area contributed by atoms with Gasteiger partial charge in [0.2, 0.25) is 10.0 Å². The molecular formula is C16H11Cl2N3O5S. The largest absolute Gasteiger partial charge is 0.452 e. The highest BCUT2D eigenvalue weighted by Crippen LogP contribution is 2.22. The number of rotatable bonds is 5. The van der Waals surface area contributed by atoms with Crippen LogP contribution in [0, 0.1) is 11.3 Å². The second kappa shape index (κ2) is 8.37. The molecule has 0 aliphatic carbocycles. The number of nitriles is 1. The first-order valence-electron chi connectivity index (χ1n) is 7.11. The van der Waals surface area contributed by atoms with Crippen molar-refractivity contribution in [1.82, 2.24) is 0 Å². The number of primary sulfonamides is 1. The number of nitrogens with zero attached hydrogens (tertiary/aromatic N) is 1. The van der Waals surface area contributed by atoms with Crippen LogP contribution in [0.3, 0.4) is 0 Å². The fourth-order valence-electron chi connectivity index (χ4n) is 1.94. The number of nitrogens with two attached hydrogens (primary N) is 1. The Labute approximate surface area is 164 Å². The maximum Gasteiger partial charge on any atom is 0.338 e. The SMILES string of the molecule is N#Cc1ccc(NC(=O)COC(=O)c2ccc(Cl)c(S(N)(=O)=O)c2)cc1Cl. The first kappa shape index (κ1) is 20.7. The van der Waals surface area contributed by atoms with Gasteiger partial charge in [0.25, 0.3) is 5.91 Å². The fourth-order valence-corrected chi connectivity index (χ4v) is 3.24. The van der Waals surface area contributed by atoms with Crippen molar-refractivity contribution in [2.45, 2.75) is 4.90 Å². The van der Waals surface area contributed by atoms with Gasteiger partial charge in [-0.15, -0.1) is 0 Å². The van der Waals surface area contributed by atoms with Crippen molar-refractivity contribution in [1.29, 1.82) is 5.26 Å². The number of sulfonamides is 1. The molecule has 2 rings (SSSR count). The molecule has 0 saturated heterocycles. The Morgan fingerprint density at radius 2 is 1.85 bits per heavy atom. The molecule has 3 N–H and O–H groups in total. The van der Waals surface area contributed by atoms with Crippen LogP contribution in [0.4, 0.5) is 5.69 Å². The minimum Gasteiger partial charge on any atom is -0.452 e. The van der Waals surface area contributed by atoms with Crippen LogP contribution in [-0.2, 0) is 19.6 Å². The van der Waals surface area contributed by atoms with Gasteiger partial charge in [0, 0.05) is 5.69 Å². The van der Waals surface area contributed by atoms with Crippen molar-refractivity contribution in [3.63, 3.8) is 0 Å². The van der Waals surface area contributed by atoms with Crippen LogP contribution in [0.25, 0.3) is 0 Å². The summed E-state index contributed by atoms with van der Waals surface area (Å²) in [6.07, 6.45) is 0. The molecule has 11 heteroatoms. The van der Waals surface area contributed by atoms with Crippen LogP contribution in [0.5, 0.6) is 0 Å². The Balaban J connectivity index is 2.02. The molecule has 0 saturated carbocycles. The normalized spacial score (nSPS) is 10.7. The summed E-state index contributed by atoms with van der Waals surface area (Å²) in [5.74, 6) is -1.60. The Morgan fingerprint density at radius 1 is 1.15 bits per heavy atom. The van der Waals surface area contributed by atoms with Gasteiger partial charge in [-0.2, -0.15) is 5.26 Å². The summed E-state index contributed by atoms with van der Waals surface area (Å²) in [6.45, 7) is -0.635. The van der Waals surface area contributed by atoms with Crippen LogP contribution in [0.2, 0.25) is 10.0 Å². The van der Waals surface area contributed by atoms with Gasteiger partial charge in [-0.1, -0.05) is 23.2 Å². The maximum atomic E-state index is 12.0. The molecule has 0 aromatic heterocycles. The number of nitrogens with one attached hydrogen (secondary N) is 1. The van der Waals surface area contributed by atoms with Crippen LogP contribution in [0.15, 0.2) is 41.3 Å². The molecule has 1 amide bonds. The van der Waals surface area contributed by atoms with E-state index in [0.29, 0.717) is 5.69 Å². The lowest BCUT2D eigenvalue weighted by atomic mass is 10.2. The summed E-state index contributed by atoms with van der Waals surface area (Å²) in [6, 6.07) is 9.50. The molecule has 0 fully saturated rings. The van der Waals surface area contributed by atoms with Crippen molar-refractivity contribution in [3.8, 4) is 6.07 Å². The number of anilines is 1. The third kappa shape index (κ3) is 5.42. The van der Waals surface area contributed by atoms with Crippen molar-refractivity contribution in [3.05, 3.63) is 57.6 Å². The summed E-state index contributed by atoms with van der Waals surface area (Å²) < 4.78 is 27.7. The van der Waals surface area contributed by atoms with E-state index in [1.807, 2.05) is 6.07 Å². The van der Waals surface area contributed by atoms with Gasteiger partial charge >= 0.3 is 5.97 Å². The third-order valence-corrected chi connectivity index (χ3v) is 4.89. The summed E-state index contributed by atoms with van der Waals surface area (Å²) in [5, 5.41) is 16.3. The average Bonchev–Trinajstić information content (AvgIpc) is 2.59. The topological polar surface area (TPSA) is 139 Å². The minimum absolute atomic E-state index is 0.141. The third-order valence-electron chi connectivity index (χ3n) is 3.18. The molecule has 0 heterocycles. The Kier molecular flexibility index (Phi) is 6.41. The van der Waals surface area contributed by atoms with Gasteiger partial charge in [-0.05, 0) is 36.4 Å². The lowest BCUT2D eigenvalue weighted by Gasteiger charge is -2.08. The number of hydrogen-bond acceptors (Lipinski definition) is 6. The molecule has 2 aromatic carbocycles. The van der Waals surface area contributed by atoms with Crippen molar-refractivity contribution < 1.29 is 22.7 Å². The molecule has 0 aliphatic heterocycles. The fraction of sp³-hybridized carbons (Fsp3) is 0.0625. The summed E-state index contributed by atoms with van der Waals surface area (Å²) >= 11 is 11.6. The van der Waals surface area contributed by atoms with E-state index in [1.54, 1.807) is 0 Å². The molecule has 0 atom stereocenters. The highest BCUT2D eigenvalue weighted by molar-refractivity contribution is 7.89. The van der Waals surface area contributed by atoms with E-state index in [-0.39, 0.29) is 21.2 Å². The second-order valence-electron chi connectivity index (χ2n) is 5.12. The smallest absolute Gasteiger partial charge is 0.338 e. The molecule has 0 aliphatic rings. The zero-order valence-electron chi connectivity index (χ0n) is 13.4. The zero-order valence-corrected chi connectivity index (χ0v) is 15.7. The van der Waals surface area contributed by atoms with Crippen LogP contribution in [0.1, 0.15) is 15.9 Å². The number of benzene rings is 2. The number of carbonyl (C=O) groups is 2. The molecule has 27 heavy (non-hydrogen) atoms. The molecule has 0 radical (unpaired) electrons. The second-order valence-corrected chi connectivity index (χ2v) is 7.47. The maximum absolute atomic E-state index is 12.0. The predicted molar refractivity (Wildman–Crippen MR) is 97.9 cm³/mol. The zero-order chi connectivity index (χ0) is 20.2. The summed E-state index contributed by atoms with van der Waals surface area (Å²) in [5.41, 5.74) is 0.412. The highest BCUT2D eigenvalue weighted by atomic mass is 35.5. The standard InChI is InChI=1S/C16H11Cl2N3O5S/c17-12-4-2-9(5-14(12)27(20,24)25)16(23)26-8-15(22)21-11-3-1-10(7-19)13(18)6-11/h1-6H,8H2,(H,21,22)(H2,20,24,25). The van der Waals surface area contributed by atoms with Gasteiger partial charge in [-0.3, -0.25) is 4.79 Å². The van der Waals surface area contributed by atoms with Gasteiger partial charge in [0.1, 0.15) is 11.0 Å². The van der Waals surface area contributed by atoms with Gasteiger partial charge in [0.05, 0.1) is 21.2 Å². The van der Waals surface area contributed by atoms with E-state index in [1.165, 1.54) is 30.3 Å². The van der Waals surface area contributed by atoms with E-state index in [0.717, 1.165) is 6.07 Å². The first-order valence-corrected chi connectivity index (χ1v) is 9.41. The van der Waals surface area contributed by atoms with Gasteiger partial charge < -0.3 is 10.1 Å². The average molecular weight is 428 g/mol. The van der Waals surface area contributed by atoms with E-state index >= 15 is 0 Å². The van der Waals surface area contributed by atoms with Gasteiger partial charge in [0.15, 0.2) is 6.61 Å². The predicted octanol–water partition coefficient (Wildman–Crippen LogP) is 2.31. The summed E-state index contributed by atoms with van der Waals surface area (Å²) in [7, 11) is -4.13. The molecule has 8 nitrogen and oxygen atoms in total. The van der Waals surface area contributed by atoms with Crippen molar-refractivity contribution in [2.24, 2.45) is 5.14 Å². The quantitative estimate of drug-likeness (QED) is 0.701. The van der Waals surface area contributed by atoms with E-state index in [9.17, 15) is 18.0 Å². The number of hydrogen-bond donors (Lipinski definition) is 2.